The molecule has 0 spiro atoms. The van der Waals surface area contributed by atoms with Gasteiger partial charge >= 0.3 is 161 Å². The van der Waals surface area contributed by atoms with Crippen LogP contribution in [-0.2, 0) is 32.2 Å². The van der Waals surface area contributed by atoms with E-state index in [-0.39, 0.29) is 13.4 Å². The van der Waals surface area contributed by atoms with Crippen LogP contribution in [-0.4, -0.2) is 70.0 Å². The minimum absolute atomic E-state index is 0. The number of anilines is 4. The van der Waals surface area contributed by atoms with Gasteiger partial charge in [0.1, 0.15) is 0 Å². The normalized spacial score (nSPS) is 15.9. The molecule has 35 heavy (non-hydrogen) atoms. The first-order valence-corrected chi connectivity index (χ1v) is 11.7. The number of hydrogen-bond donors (Lipinski definition) is 2. The molecule has 1 aliphatic heterocycles. The van der Waals surface area contributed by atoms with Crippen molar-refractivity contribution in [3.05, 3.63) is 31.5 Å². The van der Waals surface area contributed by atoms with Crippen LogP contribution in [0.3, 0.4) is 0 Å². The van der Waals surface area contributed by atoms with E-state index in [1.807, 2.05) is 6.07 Å². The van der Waals surface area contributed by atoms with Crippen LogP contribution in [0.25, 0.3) is 11.2 Å². The zero-order valence-electron chi connectivity index (χ0n) is 19.7. The van der Waals surface area contributed by atoms with Crippen LogP contribution < -0.4 is 15.5 Å². The molecule has 0 atom stereocenters. The molecule has 0 aromatic carbocycles. The van der Waals surface area contributed by atoms with Crippen LogP contribution in [0.1, 0.15) is 24.8 Å². The number of nitrogens with one attached hydrogen (secondary N) is 2. The molecule has 0 unspecified atom stereocenters. The predicted molar refractivity (Wildman–Crippen MR) is 127 cm³/mol. The third-order valence-electron chi connectivity index (χ3n) is 5.90. The Kier molecular flexibility index (Phi) is 8.02. The van der Waals surface area contributed by atoms with Gasteiger partial charge in [0.15, 0.2) is 0 Å². The molecule has 1 saturated carbocycles. The molecular formula is C22H28CrN9O3-. The summed E-state index contributed by atoms with van der Waals surface area (Å²) < 4.78 is 16.4. The summed E-state index contributed by atoms with van der Waals surface area (Å²) in [7, 11) is 1.73. The number of morpholine rings is 1. The van der Waals surface area contributed by atoms with Crippen LogP contribution in [0.15, 0.2) is 22.4 Å². The third-order valence-corrected chi connectivity index (χ3v) is 6.15. The van der Waals surface area contributed by atoms with Crippen LogP contribution >= 0.6 is 0 Å². The molecule has 2 aliphatic rings. The second-order valence-electron chi connectivity index (χ2n) is 8.11. The number of hydrogen-bond acceptors (Lipinski definition) is 10. The summed E-state index contributed by atoms with van der Waals surface area (Å²) >= 11 is 2.37. The number of pyridine rings is 1. The minimum Gasteiger partial charge on any atom is -0.358 e. The van der Waals surface area contributed by atoms with Gasteiger partial charge in [0.2, 0.25) is 0 Å². The Labute approximate surface area is 211 Å². The van der Waals surface area contributed by atoms with Crippen molar-refractivity contribution in [1.29, 1.82) is 0 Å². The first-order valence-electron chi connectivity index (χ1n) is 11.2. The molecule has 3 aromatic rings. The molecule has 13 heteroatoms. The van der Waals surface area contributed by atoms with Crippen molar-refractivity contribution >= 4 is 40.6 Å². The number of ether oxygens (including phenoxy) is 2. The molecule has 1 saturated heterocycles. The summed E-state index contributed by atoms with van der Waals surface area (Å²) in [6, 6.07) is 3.48. The molecule has 1 aliphatic carbocycles. The minimum atomic E-state index is -0.517. The van der Waals surface area contributed by atoms with Crippen LogP contribution in [0.2, 0.25) is 0 Å². The maximum absolute atomic E-state index is 12.2. The van der Waals surface area contributed by atoms with Gasteiger partial charge in [-0.1, -0.05) is 0 Å². The van der Waals surface area contributed by atoms with Crippen LogP contribution in [0, 0.1) is 7.43 Å². The van der Waals surface area contributed by atoms with Gasteiger partial charge in [-0.3, -0.25) is 0 Å². The van der Waals surface area contributed by atoms with E-state index in [2.05, 4.69) is 56.6 Å². The van der Waals surface area contributed by atoms with Gasteiger partial charge in [-0.25, -0.2) is 0 Å². The maximum atomic E-state index is 12.2. The second-order valence-corrected chi connectivity index (χ2v) is 8.40. The zero-order valence-corrected chi connectivity index (χ0v) is 21.0. The summed E-state index contributed by atoms with van der Waals surface area (Å²) in [5.41, 5.74) is 1.82. The van der Waals surface area contributed by atoms with E-state index in [1.165, 1.54) is 17.3 Å². The summed E-state index contributed by atoms with van der Waals surface area (Å²) in [4.78, 5) is 32.4. The van der Waals surface area contributed by atoms with Crippen molar-refractivity contribution in [3.8, 4) is 0 Å². The Morgan fingerprint density at radius 3 is 2.74 bits per heavy atom. The number of rotatable bonds is 7. The van der Waals surface area contributed by atoms with Crippen molar-refractivity contribution in [2.45, 2.75) is 32.0 Å². The molecule has 0 radical (unpaired) electrons. The van der Waals surface area contributed by atoms with E-state index in [0.717, 1.165) is 37.3 Å². The smallest absolute Gasteiger partial charge is 0.358 e. The van der Waals surface area contributed by atoms with E-state index < -0.39 is 6.03 Å². The molecule has 4 heterocycles. The molecule has 12 nitrogen and oxygen atoms in total. The molecule has 2 fully saturated rings. The monoisotopic (exact) mass is 518 g/mol. The summed E-state index contributed by atoms with van der Waals surface area (Å²) in [5.74, 6) is 2.19. The fourth-order valence-electron chi connectivity index (χ4n) is 3.85. The van der Waals surface area contributed by atoms with Gasteiger partial charge < -0.3 is 12.2 Å². The van der Waals surface area contributed by atoms with Gasteiger partial charge in [-0.15, -0.1) is 0 Å². The van der Waals surface area contributed by atoms with Gasteiger partial charge in [0.05, 0.1) is 19.3 Å². The van der Waals surface area contributed by atoms with Crippen molar-refractivity contribution < 1.29 is 30.4 Å². The Balaban J connectivity index is 0.00000289. The summed E-state index contributed by atoms with van der Waals surface area (Å²) in [5, 5.41) is 6.21. The van der Waals surface area contributed by atoms with E-state index in [0.29, 0.717) is 48.7 Å². The first-order chi connectivity index (χ1) is 16.6. The SMILES string of the molecule is CNc1nc(Nc2cc(COC3CCC3)cc(N3CCOCC3)n2)nc2c1ncn2C(=O)[N]=[Cr].[CH3-]. The fraction of sp³-hybridized carbons (Fsp3) is 0.455. The average molecular weight is 519 g/mol. The number of amides is 1. The van der Waals surface area contributed by atoms with Crippen molar-refractivity contribution in [2.75, 3.05) is 48.9 Å². The number of fused-ring (bicyclic) bond motifs is 1. The molecule has 186 valence electrons. The Bertz CT molecular complexity index is 1210. The van der Waals surface area contributed by atoms with Gasteiger partial charge in [0, 0.05) is 0 Å². The number of imidazole rings is 1. The van der Waals surface area contributed by atoms with Gasteiger partial charge in [-0.2, -0.15) is 0 Å². The number of carbonyl (C=O) groups is 1. The molecular weight excluding hydrogens is 490 g/mol. The third kappa shape index (κ3) is 5.48. The van der Waals surface area contributed by atoms with Crippen molar-refractivity contribution in [2.24, 2.45) is 3.93 Å². The quantitative estimate of drug-likeness (QED) is 0.450. The first kappa shape index (κ1) is 25.1. The van der Waals surface area contributed by atoms with Crippen molar-refractivity contribution in [1.82, 2.24) is 24.5 Å². The van der Waals surface area contributed by atoms with Crippen LogP contribution in [0.5, 0.6) is 0 Å². The predicted octanol–water partition coefficient (Wildman–Crippen LogP) is 3.06. The Morgan fingerprint density at radius 2 is 2.06 bits per heavy atom. The maximum Gasteiger partial charge on any atom is -0.358 e. The van der Waals surface area contributed by atoms with Crippen molar-refractivity contribution in [3.63, 3.8) is 0 Å². The molecule has 3 aromatic heterocycles. The standard InChI is InChI=1S/C21H25N9O3.CH3.Cr/c1-23-18-17-19(30(12-24-17)20(22)31)28-21(27-18)26-15-9-13(11-33-14-3-2-4-14)10-16(25-15)29-5-7-32-8-6-29;;/h9-10,12,14H,2-8,11H2,1H3,(H2,23,25,26,27,28);1H3;/q;-1;. The van der Waals surface area contributed by atoms with Gasteiger partial charge in [0.25, 0.3) is 0 Å². The average Bonchev–Trinajstić information content (AvgIpc) is 3.26. The number of nitrogens with zero attached hydrogens (tertiary/aromatic N) is 7. The zero-order chi connectivity index (χ0) is 23.5. The van der Waals surface area contributed by atoms with Gasteiger partial charge in [-0.05, 0) is 19.3 Å². The molecule has 5 rings (SSSR count). The number of aromatic nitrogens is 5. The largest absolute Gasteiger partial charge is 0.358 e. The summed E-state index contributed by atoms with van der Waals surface area (Å²) in [6.07, 6.45) is 5.16. The molecule has 1 amide bonds. The van der Waals surface area contributed by atoms with Crippen LogP contribution in [0.4, 0.5) is 28.2 Å². The second kappa shape index (κ2) is 11.2. The topological polar surface area (TPSA) is 132 Å². The van der Waals surface area contributed by atoms with E-state index in [4.69, 9.17) is 14.5 Å². The van der Waals surface area contributed by atoms with E-state index in [9.17, 15) is 4.79 Å². The molecule has 2 N–H and O–H groups in total. The van der Waals surface area contributed by atoms with E-state index in [1.54, 1.807) is 7.05 Å². The number of carbonyl (C=O) groups excluding carboxylic acids is 1. The molecule has 0 bridgehead atoms. The fourth-order valence-corrected chi connectivity index (χ4v) is 3.99. The summed E-state index contributed by atoms with van der Waals surface area (Å²) in [6.45, 7) is 3.37. The van der Waals surface area contributed by atoms with E-state index >= 15 is 0 Å². The Morgan fingerprint density at radius 1 is 1.26 bits per heavy atom. The Hall–Kier alpha value is -2.98.